The topological polar surface area (TPSA) is 34.4 Å². The van der Waals surface area contributed by atoms with Crippen LogP contribution in [-0.4, -0.2) is 10.5 Å². The summed E-state index contributed by atoms with van der Waals surface area (Å²) in [5.74, 6) is 2.39. The van der Waals surface area contributed by atoms with Gasteiger partial charge in [0.25, 0.3) is 5.91 Å². The van der Waals surface area contributed by atoms with Gasteiger partial charge in [0, 0.05) is 5.56 Å². The molecule has 0 aliphatic carbocycles. The molecule has 4 heteroatoms. The molecule has 0 radical (unpaired) electrons. The summed E-state index contributed by atoms with van der Waals surface area (Å²) in [7, 11) is 0. The number of carbonyl (C=O) groups is 1. The third kappa shape index (κ3) is 2.59. The first-order valence-corrected chi connectivity index (χ1v) is 7.69. The van der Waals surface area contributed by atoms with Crippen LogP contribution in [0.5, 0.6) is 0 Å². The van der Waals surface area contributed by atoms with Crippen molar-refractivity contribution in [3.63, 3.8) is 0 Å². The van der Waals surface area contributed by atoms with E-state index in [9.17, 15) is 4.79 Å². The lowest BCUT2D eigenvalue weighted by Gasteiger charge is -2.02. The van der Waals surface area contributed by atoms with Crippen LogP contribution >= 0.6 is 11.3 Å². The smallest absolute Gasteiger partial charge is 0.279 e. The number of benzene rings is 2. The van der Waals surface area contributed by atoms with Gasteiger partial charge >= 0.3 is 0 Å². The predicted molar refractivity (Wildman–Crippen MR) is 89.7 cm³/mol. The predicted octanol–water partition coefficient (Wildman–Crippen LogP) is 3.39. The van der Waals surface area contributed by atoms with Gasteiger partial charge < -0.3 is 4.57 Å². The SMILES string of the molecule is C#CCn1c(=NC(=O)c2ccccc2)sc2cccc(C)c21. The Balaban J connectivity index is 2.21. The number of amides is 1. The molecule has 1 amide bonds. The zero-order valence-electron chi connectivity index (χ0n) is 12.1. The van der Waals surface area contributed by atoms with E-state index in [0.717, 1.165) is 15.8 Å². The van der Waals surface area contributed by atoms with Crippen molar-refractivity contribution in [2.75, 3.05) is 0 Å². The van der Waals surface area contributed by atoms with E-state index in [1.54, 1.807) is 12.1 Å². The number of fused-ring (bicyclic) bond motifs is 1. The molecule has 0 saturated carbocycles. The fourth-order valence-corrected chi connectivity index (χ4v) is 3.47. The first-order valence-electron chi connectivity index (χ1n) is 6.87. The van der Waals surface area contributed by atoms with Crippen molar-refractivity contribution in [1.82, 2.24) is 4.57 Å². The molecule has 22 heavy (non-hydrogen) atoms. The Kier molecular flexibility index (Phi) is 3.90. The molecule has 0 saturated heterocycles. The maximum atomic E-state index is 12.3. The molecule has 2 aromatic carbocycles. The van der Waals surface area contributed by atoms with Gasteiger partial charge in [-0.3, -0.25) is 4.79 Å². The second kappa shape index (κ2) is 6.00. The van der Waals surface area contributed by atoms with Crippen LogP contribution in [0.1, 0.15) is 15.9 Å². The van der Waals surface area contributed by atoms with E-state index in [4.69, 9.17) is 6.42 Å². The number of hydrogen-bond donors (Lipinski definition) is 0. The molecule has 0 fully saturated rings. The van der Waals surface area contributed by atoms with E-state index < -0.39 is 0 Å². The van der Waals surface area contributed by atoms with Crippen LogP contribution in [0.3, 0.4) is 0 Å². The van der Waals surface area contributed by atoms with Crippen LogP contribution in [0.4, 0.5) is 0 Å². The van der Waals surface area contributed by atoms with Crippen LogP contribution in [0.2, 0.25) is 0 Å². The van der Waals surface area contributed by atoms with E-state index in [1.807, 2.05) is 47.9 Å². The van der Waals surface area contributed by atoms with E-state index in [2.05, 4.69) is 10.9 Å². The summed E-state index contributed by atoms with van der Waals surface area (Å²) in [6.07, 6.45) is 5.48. The Morgan fingerprint density at radius 2 is 2.00 bits per heavy atom. The van der Waals surface area contributed by atoms with Gasteiger partial charge in [-0.1, -0.05) is 47.6 Å². The lowest BCUT2D eigenvalue weighted by molar-refractivity contribution is 0.0998. The number of para-hydroxylation sites is 1. The Morgan fingerprint density at radius 3 is 2.73 bits per heavy atom. The van der Waals surface area contributed by atoms with Gasteiger partial charge in [-0.25, -0.2) is 0 Å². The normalized spacial score (nSPS) is 11.5. The van der Waals surface area contributed by atoms with Crippen molar-refractivity contribution in [1.29, 1.82) is 0 Å². The van der Waals surface area contributed by atoms with Gasteiger partial charge in [-0.15, -0.1) is 6.42 Å². The number of nitrogens with zero attached hydrogens (tertiary/aromatic N) is 2. The minimum atomic E-state index is -0.254. The largest absolute Gasteiger partial charge is 0.304 e. The highest BCUT2D eigenvalue weighted by molar-refractivity contribution is 7.16. The first kappa shape index (κ1) is 14.3. The average molecular weight is 306 g/mol. The molecular formula is C18H14N2OS. The summed E-state index contributed by atoms with van der Waals surface area (Å²) in [6.45, 7) is 2.43. The van der Waals surface area contributed by atoms with E-state index >= 15 is 0 Å². The summed E-state index contributed by atoms with van der Waals surface area (Å²) in [5.41, 5.74) is 2.74. The minimum absolute atomic E-state index is 0.254. The molecule has 0 aliphatic rings. The second-order valence-corrected chi connectivity index (χ2v) is 5.89. The van der Waals surface area contributed by atoms with E-state index in [-0.39, 0.29) is 5.91 Å². The maximum absolute atomic E-state index is 12.3. The van der Waals surface area contributed by atoms with Crippen LogP contribution in [0.25, 0.3) is 10.2 Å². The zero-order valence-corrected chi connectivity index (χ0v) is 12.9. The van der Waals surface area contributed by atoms with E-state index in [0.29, 0.717) is 16.9 Å². The molecule has 1 aromatic heterocycles. The quantitative estimate of drug-likeness (QED) is 0.668. The van der Waals surface area contributed by atoms with Gasteiger partial charge in [0.2, 0.25) is 0 Å². The number of carbonyl (C=O) groups excluding carboxylic acids is 1. The summed E-state index contributed by atoms with van der Waals surface area (Å²) < 4.78 is 3.01. The third-order valence-corrected chi connectivity index (χ3v) is 4.41. The van der Waals surface area contributed by atoms with Crippen molar-refractivity contribution >= 4 is 27.5 Å². The number of thiazole rings is 1. The van der Waals surface area contributed by atoms with Gasteiger partial charge in [-0.2, -0.15) is 4.99 Å². The van der Waals surface area contributed by atoms with Gasteiger partial charge in [0.15, 0.2) is 4.80 Å². The van der Waals surface area contributed by atoms with Crippen LogP contribution in [0, 0.1) is 19.3 Å². The highest BCUT2D eigenvalue weighted by Gasteiger charge is 2.09. The lowest BCUT2D eigenvalue weighted by atomic mass is 10.2. The maximum Gasteiger partial charge on any atom is 0.279 e. The first-order chi connectivity index (χ1) is 10.7. The van der Waals surface area contributed by atoms with Crippen molar-refractivity contribution in [2.24, 2.45) is 4.99 Å². The van der Waals surface area contributed by atoms with Crippen LogP contribution in [0.15, 0.2) is 53.5 Å². The highest BCUT2D eigenvalue weighted by atomic mass is 32.1. The molecule has 0 unspecified atom stereocenters. The van der Waals surface area contributed by atoms with Crippen LogP contribution in [-0.2, 0) is 6.54 Å². The monoisotopic (exact) mass is 306 g/mol. The lowest BCUT2D eigenvalue weighted by Crippen LogP contribution is -2.16. The van der Waals surface area contributed by atoms with Crippen LogP contribution < -0.4 is 4.80 Å². The summed E-state index contributed by atoms with van der Waals surface area (Å²) >= 11 is 1.48. The third-order valence-electron chi connectivity index (χ3n) is 3.37. The van der Waals surface area contributed by atoms with Crippen molar-refractivity contribution in [3.8, 4) is 12.3 Å². The standard InChI is InChI=1S/C18H14N2OS/c1-3-12-20-16-13(2)8-7-11-15(16)22-18(20)19-17(21)14-9-5-4-6-10-14/h1,4-11H,12H2,2H3. The summed E-state index contributed by atoms with van der Waals surface area (Å²) in [4.78, 5) is 17.2. The molecule has 108 valence electrons. The Hall–Kier alpha value is -2.64. The molecule has 0 bridgehead atoms. The number of hydrogen-bond acceptors (Lipinski definition) is 2. The number of rotatable bonds is 2. The average Bonchev–Trinajstić information content (AvgIpc) is 2.87. The Labute approximate surface area is 132 Å². The zero-order chi connectivity index (χ0) is 15.5. The minimum Gasteiger partial charge on any atom is -0.304 e. The fourth-order valence-electron chi connectivity index (χ4n) is 2.36. The fraction of sp³-hybridized carbons (Fsp3) is 0.111. The molecule has 0 aliphatic heterocycles. The number of aromatic nitrogens is 1. The molecule has 0 spiro atoms. The van der Waals surface area contributed by atoms with Gasteiger partial charge in [0.05, 0.1) is 16.8 Å². The van der Waals surface area contributed by atoms with Gasteiger partial charge in [0.1, 0.15) is 0 Å². The van der Waals surface area contributed by atoms with Crippen molar-refractivity contribution in [2.45, 2.75) is 13.5 Å². The molecule has 0 N–H and O–H groups in total. The van der Waals surface area contributed by atoms with Gasteiger partial charge in [-0.05, 0) is 30.7 Å². The van der Waals surface area contributed by atoms with Crippen molar-refractivity contribution in [3.05, 3.63) is 64.5 Å². The Morgan fingerprint density at radius 1 is 1.23 bits per heavy atom. The molecule has 3 nitrogen and oxygen atoms in total. The number of aryl methyl sites for hydroxylation is 1. The number of terminal acetylenes is 1. The second-order valence-electron chi connectivity index (χ2n) is 4.88. The highest BCUT2D eigenvalue weighted by Crippen LogP contribution is 2.20. The van der Waals surface area contributed by atoms with E-state index in [1.165, 1.54) is 11.3 Å². The molecular weight excluding hydrogens is 292 g/mol. The molecule has 3 rings (SSSR count). The molecule has 1 heterocycles. The van der Waals surface area contributed by atoms with Crippen molar-refractivity contribution < 1.29 is 4.79 Å². The molecule has 3 aromatic rings. The Bertz CT molecular complexity index is 943. The summed E-state index contributed by atoms with van der Waals surface area (Å²) in [6, 6.07) is 15.1. The summed E-state index contributed by atoms with van der Waals surface area (Å²) in [5, 5.41) is 0. The molecule has 0 atom stereocenters.